The van der Waals surface area contributed by atoms with E-state index >= 15 is 0 Å². The number of alkyl halides is 3. The first kappa shape index (κ1) is 38.7. The van der Waals surface area contributed by atoms with Crippen molar-refractivity contribution in [3.05, 3.63) is 125 Å². The fourth-order valence-electron chi connectivity index (χ4n) is 7.15. The van der Waals surface area contributed by atoms with Gasteiger partial charge in [0.25, 0.3) is 0 Å². The molecule has 7 nitrogen and oxygen atoms in total. The number of nitrogens with zero attached hydrogens (tertiary/aromatic N) is 3. The third-order valence-electron chi connectivity index (χ3n) is 9.98. The topological polar surface area (TPSA) is 65.1 Å². The summed E-state index contributed by atoms with van der Waals surface area (Å²) < 4.78 is 45.1. The van der Waals surface area contributed by atoms with Gasteiger partial charge in [-0.15, -0.1) is 0 Å². The molecule has 2 saturated heterocycles. The predicted molar refractivity (Wildman–Crippen MR) is 204 cm³/mol. The van der Waals surface area contributed by atoms with Crippen molar-refractivity contribution in [2.24, 2.45) is 5.92 Å². The number of piperidine rings is 1. The van der Waals surface area contributed by atoms with E-state index in [0.29, 0.717) is 43.3 Å². The first-order valence-corrected chi connectivity index (χ1v) is 19.2. The minimum atomic E-state index is -4.37. The normalized spacial score (nSPS) is 16.6. The zero-order valence-corrected chi connectivity index (χ0v) is 31.0. The summed E-state index contributed by atoms with van der Waals surface area (Å²) in [4.78, 5) is 33.7. The quantitative estimate of drug-likeness (QED) is 0.146. The van der Waals surface area contributed by atoms with Crippen molar-refractivity contribution in [3.63, 3.8) is 0 Å². The molecule has 0 unspecified atom stereocenters. The monoisotopic (exact) mass is 764 g/mol. The SMILES string of the molecule is O=C(N[C@@H](C(=O)N1CCN(Cc2ccccc2SC(F)(F)F)CC1)C1CCN(CCc2cc(Cl)ccc2-c2ccccc2)CC1)OCc1ccccc1. The van der Waals surface area contributed by atoms with E-state index in [9.17, 15) is 22.8 Å². The van der Waals surface area contributed by atoms with Crippen molar-refractivity contribution in [1.82, 2.24) is 20.0 Å². The number of piperazine rings is 1. The molecular weight excluding hydrogens is 721 g/mol. The molecule has 0 aromatic heterocycles. The number of benzene rings is 4. The van der Waals surface area contributed by atoms with Gasteiger partial charge in [-0.25, -0.2) is 4.79 Å². The van der Waals surface area contributed by atoms with E-state index in [4.69, 9.17) is 16.3 Å². The number of carbonyl (C=O) groups excluding carboxylic acids is 2. The maximum absolute atomic E-state index is 14.2. The van der Waals surface area contributed by atoms with Gasteiger partial charge >= 0.3 is 11.6 Å². The molecule has 4 aromatic rings. The molecule has 12 heteroatoms. The average Bonchev–Trinajstić information content (AvgIpc) is 3.16. The third kappa shape index (κ3) is 11.2. The number of nitrogens with one attached hydrogen (secondary N) is 1. The Labute approximate surface area is 318 Å². The number of thioether (sulfide) groups is 1. The summed E-state index contributed by atoms with van der Waals surface area (Å²) in [7, 11) is 0. The Balaban J connectivity index is 1.07. The average molecular weight is 765 g/mol. The van der Waals surface area contributed by atoms with Gasteiger partial charge < -0.3 is 19.9 Å². The highest BCUT2D eigenvalue weighted by Gasteiger charge is 2.37. The van der Waals surface area contributed by atoms with Crippen molar-refractivity contribution in [1.29, 1.82) is 0 Å². The number of hydrogen-bond donors (Lipinski definition) is 1. The number of carbonyl (C=O) groups is 2. The Morgan fingerprint density at radius 2 is 1.47 bits per heavy atom. The number of halogens is 4. The van der Waals surface area contributed by atoms with Crippen LogP contribution in [0.3, 0.4) is 0 Å². The molecule has 0 bridgehead atoms. The van der Waals surface area contributed by atoms with E-state index < -0.39 is 17.6 Å². The highest BCUT2D eigenvalue weighted by Crippen LogP contribution is 2.39. The van der Waals surface area contributed by atoms with Crippen LogP contribution in [-0.4, -0.2) is 84.1 Å². The molecule has 1 atom stereocenters. The lowest BCUT2D eigenvalue weighted by atomic mass is 9.88. The summed E-state index contributed by atoms with van der Waals surface area (Å²) >= 11 is 6.31. The second-order valence-electron chi connectivity index (χ2n) is 13.5. The van der Waals surface area contributed by atoms with Gasteiger partial charge in [-0.3, -0.25) is 9.69 Å². The molecule has 0 spiro atoms. The molecule has 0 aliphatic carbocycles. The highest BCUT2D eigenvalue weighted by atomic mass is 35.5. The van der Waals surface area contributed by atoms with Gasteiger partial charge in [0, 0.05) is 49.2 Å². The summed E-state index contributed by atoms with van der Waals surface area (Å²) in [5.41, 5.74) is 0.579. The summed E-state index contributed by atoms with van der Waals surface area (Å²) in [5, 5.41) is 3.64. The summed E-state index contributed by atoms with van der Waals surface area (Å²) in [6, 6.07) is 31.5. The minimum Gasteiger partial charge on any atom is -0.445 e. The van der Waals surface area contributed by atoms with Gasteiger partial charge in [0.05, 0.1) is 0 Å². The third-order valence-corrected chi connectivity index (χ3v) is 11.1. The van der Waals surface area contributed by atoms with Crippen LogP contribution < -0.4 is 5.32 Å². The van der Waals surface area contributed by atoms with E-state index in [1.54, 1.807) is 23.1 Å². The lowest BCUT2D eigenvalue weighted by Crippen LogP contribution is -2.58. The van der Waals surface area contributed by atoms with Crippen LogP contribution in [0.5, 0.6) is 0 Å². The lowest BCUT2D eigenvalue weighted by molar-refractivity contribution is -0.137. The van der Waals surface area contributed by atoms with Crippen LogP contribution in [0.4, 0.5) is 18.0 Å². The van der Waals surface area contributed by atoms with Crippen LogP contribution in [0, 0.1) is 5.92 Å². The highest BCUT2D eigenvalue weighted by molar-refractivity contribution is 8.00. The molecular formula is C41H44ClF3N4O3S. The second-order valence-corrected chi connectivity index (χ2v) is 15.1. The number of likely N-dealkylation sites (tertiary alicyclic amines) is 1. The molecule has 4 aromatic carbocycles. The van der Waals surface area contributed by atoms with Gasteiger partial charge in [0.1, 0.15) is 12.6 Å². The van der Waals surface area contributed by atoms with Crippen molar-refractivity contribution < 1.29 is 27.5 Å². The van der Waals surface area contributed by atoms with Gasteiger partial charge in [-0.05, 0) is 96.0 Å². The number of rotatable bonds is 12. The fraction of sp³-hybridized carbons (Fsp3) is 0.366. The molecule has 2 fully saturated rings. The maximum atomic E-state index is 14.2. The zero-order valence-electron chi connectivity index (χ0n) is 29.4. The van der Waals surface area contributed by atoms with Gasteiger partial charge in [0.2, 0.25) is 5.91 Å². The van der Waals surface area contributed by atoms with Crippen LogP contribution >= 0.6 is 23.4 Å². The predicted octanol–water partition coefficient (Wildman–Crippen LogP) is 8.51. The van der Waals surface area contributed by atoms with E-state index in [0.717, 1.165) is 50.0 Å². The molecule has 2 heterocycles. The smallest absolute Gasteiger partial charge is 0.445 e. The van der Waals surface area contributed by atoms with Crippen LogP contribution in [0.2, 0.25) is 5.02 Å². The lowest BCUT2D eigenvalue weighted by Gasteiger charge is -2.40. The van der Waals surface area contributed by atoms with E-state index in [2.05, 4.69) is 33.3 Å². The van der Waals surface area contributed by atoms with Crippen LogP contribution in [0.25, 0.3) is 11.1 Å². The van der Waals surface area contributed by atoms with Crippen molar-refractivity contribution in [2.45, 2.75) is 48.9 Å². The van der Waals surface area contributed by atoms with E-state index in [-0.39, 0.29) is 35.1 Å². The maximum Gasteiger partial charge on any atom is 0.446 e. The van der Waals surface area contributed by atoms with Crippen molar-refractivity contribution in [3.8, 4) is 11.1 Å². The summed E-state index contributed by atoms with van der Waals surface area (Å²) in [6.07, 6.45) is 1.64. The Morgan fingerprint density at radius 1 is 0.811 bits per heavy atom. The first-order valence-electron chi connectivity index (χ1n) is 18.0. The van der Waals surface area contributed by atoms with Crippen LogP contribution in [0.15, 0.2) is 108 Å². The molecule has 0 radical (unpaired) electrons. The summed E-state index contributed by atoms with van der Waals surface area (Å²) in [5.74, 6) is -0.238. The molecule has 6 rings (SSSR count). The largest absolute Gasteiger partial charge is 0.446 e. The van der Waals surface area contributed by atoms with Crippen LogP contribution in [0.1, 0.15) is 29.5 Å². The van der Waals surface area contributed by atoms with Crippen molar-refractivity contribution in [2.75, 3.05) is 45.8 Å². The second kappa shape index (κ2) is 18.3. The van der Waals surface area contributed by atoms with Gasteiger partial charge in [-0.2, -0.15) is 13.2 Å². The van der Waals surface area contributed by atoms with Crippen LogP contribution in [-0.2, 0) is 29.1 Å². The Kier molecular flexibility index (Phi) is 13.4. The summed E-state index contributed by atoms with van der Waals surface area (Å²) in [6.45, 7) is 4.68. The molecule has 2 aliphatic heterocycles. The fourth-order valence-corrected chi connectivity index (χ4v) is 8.01. The Bertz CT molecular complexity index is 1800. The molecule has 53 heavy (non-hydrogen) atoms. The molecule has 1 N–H and O–H groups in total. The van der Waals surface area contributed by atoms with E-state index in [1.165, 1.54) is 17.2 Å². The molecule has 280 valence electrons. The zero-order chi connectivity index (χ0) is 37.2. The molecule has 0 saturated carbocycles. The Hall–Kier alpha value is -4.03. The number of amides is 2. The minimum absolute atomic E-state index is 0.0848. The first-order chi connectivity index (χ1) is 25.6. The van der Waals surface area contributed by atoms with E-state index in [1.807, 2.05) is 60.7 Å². The molecule has 2 amide bonds. The number of ether oxygens (including phenoxy) is 1. The molecule has 2 aliphatic rings. The Morgan fingerprint density at radius 3 is 2.17 bits per heavy atom. The number of hydrogen-bond acceptors (Lipinski definition) is 6. The van der Waals surface area contributed by atoms with Gasteiger partial charge in [0.15, 0.2) is 0 Å². The standard InChI is InChI=1S/C41H44ClF3N4O3S/c42-35-15-16-36(31-11-5-2-6-12-31)33(27-35)19-22-47-20-17-32(18-21-47)38(46-40(51)52-29-30-9-3-1-4-10-30)39(50)49-25-23-48(24-26-49)28-34-13-7-8-14-37(34)53-41(43,44)45/h1-16,27,32,38H,17-26,28-29H2,(H,46,51)/t38-/m1/s1. The number of alkyl carbamates (subject to hydrolysis) is 1. The van der Waals surface area contributed by atoms with Gasteiger partial charge in [-0.1, -0.05) is 96.5 Å². The van der Waals surface area contributed by atoms with Crippen molar-refractivity contribution >= 4 is 35.4 Å².